The second-order valence-electron chi connectivity index (χ2n) is 4.75. The minimum atomic E-state index is 0.190. The van der Waals surface area contributed by atoms with Crippen LogP contribution in [0, 0.1) is 6.92 Å². The van der Waals surface area contributed by atoms with E-state index in [1.165, 1.54) is 5.56 Å². The Kier molecular flexibility index (Phi) is 4.10. The van der Waals surface area contributed by atoms with Gasteiger partial charge < -0.3 is 10.1 Å². The molecule has 0 bridgehead atoms. The van der Waals surface area contributed by atoms with Gasteiger partial charge in [-0.1, -0.05) is 6.07 Å². The van der Waals surface area contributed by atoms with E-state index >= 15 is 0 Å². The molecule has 1 aromatic heterocycles. The predicted molar refractivity (Wildman–Crippen MR) is 77.6 cm³/mol. The number of anilines is 1. The molecule has 1 atom stereocenters. The Morgan fingerprint density at radius 2 is 2.21 bits per heavy atom. The molecule has 2 rings (SSSR count). The van der Waals surface area contributed by atoms with Crippen molar-refractivity contribution >= 4 is 5.69 Å². The number of rotatable bonds is 5. The van der Waals surface area contributed by atoms with Gasteiger partial charge in [-0.25, -0.2) is 0 Å². The zero-order valence-electron chi connectivity index (χ0n) is 12.0. The molecular weight excluding hydrogens is 238 g/mol. The van der Waals surface area contributed by atoms with Crippen LogP contribution in [0.1, 0.15) is 31.0 Å². The van der Waals surface area contributed by atoms with Gasteiger partial charge in [-0.2, -0.15) is 5.10 Å². The summed E-state index contributed by atoms with van der Waals surface area (Å²) in [5.41, 5.74) is 3.37. The first-order valence-corrected chi connectivity index (χ1v) is 6.58. The average molecular weight is 259 g/mol. The molecule has 0 saturated heterocycles. The summed E-state index contributed by atoms with van der Waals surface area (Å²) in [7, 11) is 1.92. The van der Waals surface area contributed by atoms with Gasteiger partial charge in [-0.15, -0.1) is 0 Å². The molecule has 1 heterocycles. The van der Waals surface area contributed by atoms with E-state index in [0.29, 0.717) is 6.61 Å². The fraction of sp³-hybridized carbons (Fsp3) is 0.400. The van der Waals surface area contributed by atoms with Gasteiger partial charge in [-0.05, 0) is 38.5 Å². The van der Waals surface area contributed by atoms with E-state index in [2.05, 4.69) is 42.5 Å². The van der Waals surface area contributed by atoms with Crippen LogP contribution in [-0.2, 0) is 7.05 Å². The van der Waals surface area contributed by atoms with Gasteiger partial charge in [-0.3, -0.25) is 4.68 Å². The van der Waals surface area contributed by atoms with Gasteiger partial charge in [0.25, 0.3) is 0 Å². The lowest BCUT2D eigenvalue weighted by molar-refractivity contribution is 0.341. The number of aryl methyl sites for hydroxylation is 2. The summed E-state index contributed by atoms with van der Waals surface area (Å²) in [6.07, 6.45) is 3.90. The molecule has 4 heteroatoms. The van der Waals surface area contributed by atoms with Crippen molar-refractivity contribution in [3.05, 3.63) is 41.7 Å². The SMILES string of the molecule is CCOc1cc(C)ccc1NC(C)c1cnn(C)c1. The minimum Gasteiger partial charge on any atom is -0.492 e. The molecule has 2 aromatic rings. The van der Waals surface area contributed by atoms with E-state index in [9.17, 15) is 0 Å². The van der Waals surface area contributed by atoms with Crippen LogP contribution in [0.4, 0.5) is 5.69 Å². The second kappa shape index (κ2) is 5.78. The lowest BCUT2D eigenvalue weighted by atomic mass is 10.1. The summed E-state index contributed by atoms with van der Waals surface area (Å²) in [6, 6.07) is 6.39. The Balaban J connectivity index is 2.18. The standard InChI is InChI=1S/C15H21N3O/c1-5-19-15-8-11(2)6-7-14(15)17-12(3)13-9-16-18(4)10-13/h6-10,12,17H,5H2,1-4H3. The molecule has 0 amide bonds. The molecule has 1 aromatic carbocycles. The summed E-state index contributed by atoms with van der Waals surface area (Å²) in [5, 5.41) is 7.67. The number of nitrogens with zero attached hydrogens (tertiary/aromatic N) is 2. The monoisotopic (exact) mass is 259 g/mol. The molecule has 0 spiro atoms. The number of hydrogen-bond donors (Lipinski definition) is 1. The minimum absolute atomic E-state index is 0.190. The highest BCUT2D eigenvalue weighted by molar-refractivity contribution is 5.58. The molecule has 0 saturated carbocycles. The van der Waals surface area contributed by atoms with Crippen molar-refractivity contribution in [1.82, 2.24) is 9.78 Å². The summed E-state index contributed by atoms with van der Waals surface area (Å²) in [4.78, 5) is 0. The molecule has 102 valence electrons. The van der Waals surface area contributed by atoms with Crippen LogP contribution in [0.25, 0.3) is 0 Å². The van der Waals surface area contributed by atoms with Gasteiger partial charge in [0.1, 0.15) is 5.75 Å². The highest BCUT2D eigenvalue weighted by Gasteiger charge is 2.10. The van der Waals surface area contributed by atoms with Crippen molar-refractivity contribution in [3.63, 3.8) is 0 Å². The third-order valence-electron chi connectivity index (χ3n) is 3.03. The van der Waals surface area contributed by atoms with E-state index in [1.54, 1.807) is 0 Å². The summed E-state index contributed by atoms with van der Waals surface area (Å²) in [5.74, 6) is 0.901. The molecule has 0 fully saturated rings. The number of ether oxygens (including phenoxy) is 1. The third kappa shape index (κ3) is 3.28. The van der Waals surface area contributed by atoms with Crippen molar-refractivity contribution in [2.45, 2.75) is 26.8 Å². The first-order valence-electron chi connectivity index (χ1n) is 6.58. The van der Waals surface area contributed by atoms with Crippen molar-refractivity contribution in [2.75, 3.05) is 11.9 Å². The van der Waals surface area contributed by atoms with Crippen LogP contribution in [-0.4, -0.2) is 16.4 Å². The molecule has 4 nitrogen and oxygen atoms in total. The van der Waals surface area contributed by atoms with Crippen LogP contribution in [0.15, 0.2) is 30.6 Å². The second-order valence-corrected chi connectivity index (χ2v) is 4.75. The summed E-state index contributed by atoms with van der Waals surface area (Å²) < 4.78 is 7.49. The number of hydrogen-bond acceptors (Lipinski definition) is 3. The van der Waals surface area contributed by atoms with E-state index < -0.39 is 0 Å². The van der Waals surface area contributed by atoms with Crippen molar-refractivity contribution in [1.29, 1.82) is 0 Å². The Morgan fingerprint density at radius 1 is 1.42 bits per heavy atom. The van der Waals surface area contributed by atoms with Crippen LogP contribution < -0.4 is 10.1 Å². The Morgan fingerprint density at radius 3 is 2.84 bits per heavy atom. The zero-order chi connectivity index (χ0) is 13.8. The fourth-order valence-corrected chi connectivity index (χ4v) is 2.00. The molecule has 0 radical (unpaired) electrons. The lowest BCUT2D eigenvalue weighted by Crippen LogP contribution is -2.07. The van der Waals surface area contributed by atoms with Crippen molar-refractivity contribution in [2.24, 2.45) is 7.05 Å². The van der Waals surface area contributed by atoms with Crippen molar-refractivity contribution in [3.8, 4) is 5.75 Å². The summed E-state index contributed by atoms with van der Waals surface area (Å²) >= 11 is 0. The Labute approximate surface area is 114 Å². The Hall–Kier alpha value is -1.97. The van der Waals surface area contributed by atoms with Gasteiger partial charge in [0.15, 0.2) is 0 Å². The zero-order valence-corrected chi connectivity index (χ0v) is 12.0. The summed E-state index contributed by atoms with van der Waals surface area (Å²) in [6.45, 7) is 6.85. The highest BCUT2D eigenvalue weighted by Crippen LogP contribution is 2.29. The predicted octanol–water partition coefficient (Wildman–Crippen LogP) is 3.30. The van der Waals surface area contributed by atoms with Gasteiger partial charge >= 0.3 is 0 Å². The van der Waals surface area contributed by atoms with E-state index in [0.717, 1.165) is 17.0 Å². The van der Waals surface area contributed by atoms with Crippen LogP contribution in [0.5, 0.6) is 5.75 Å². The maximum atomic E-state index is 5.68. The molecule has 19 heavy (non-hydrogen) atoms. The first kappa shape index (κ1) is 13.5. The van der Waals surface area contributed by atoms with E-state index in [1.807, 2.05) is 31.0 Å². The van der Waals surface area contributed by atoms with Crippen LogP contribution in [0.3, 0.4) is 0 Å². The Bertz CT molecular complexity index is 548. The topological polar surface area (TPSA) is 39.1 Å². The number of nitrogens with one attached hydrogen (secondary N) is 1. The van der Waals surface area contributed by atoms with Gasteiger partial charge in [0.2, 0.25) is 0 Å². The van der Waals surface area contributed by atoms with Gasteiger partial charge in [0.05, 0.1) is 24.5 Å². The normalized spacial score (nSPS) is 12.2. The largest absolute Gasteiger partial charge is 0.492 e. The van der Waals surface area contributed by atoms with Gasteiger partial charge in [0, 0.05) is 18.8 Å². The molecule has 0 aliphatic heterocycles. The molecule has 1 N–H and O–H groups in total. The molecule has 1 unspecified atom stereocenters. The molecule has 0 aliphatic rings. The third-order valence-corrected chi connectivity index (χ3v) is 3.03. The molecule has 0 aliphatic carbocycles. The quantitative estimate of drug-likeness (QED) is 0.895. The maximum absolute atomic E-state index is 5.68. The average Bonchev–Trinajstić information content (AvgIpc) is 2.80. The van der Waals surface area contributed by atoms with Crippen LogP contribution in [0.2, 0.25) is 0 Å². The van der Waals surface area contributed by atoms with Crippen molar-refractivity contribution < 1.29 is 4.74 Å². The first-order chi connectivity index (χ1) is 9.10. The highest BCUT2D eigenvalue weighted by atomic mass is 16.5. The smallest absolute Gasteiger partial charge is 0.142 e. The fourth-order valence-electron chi connectivity index (χ4n) is 2.00. The van der Waals surface area contributed by atoms with Crippen LogP contribution >= 0.6 is 0 Å². The van der Waals surface area contributed by atoms with E-state index in [4.69, 9.17) is 4.74 Å². The molecular formula is C15H21N3O. The van der Waals surface area contributed by atoms with E-state index in [-0.39, 0.29) is 6.04 Å². The maximum Gasteiger partial charge on any atom is 0.142 e. The number of aromatic nitrogens is 2. The number of benzene rings is 1. The lowest BCUT2D eigenvalue weighted by Gasteiger charge is -2.17.